The molecule has 2 aliphatic carbocycles. The van der Waals surface area contributed by atoms with E-state index < -0.39 is 5.60 Å². The van der Waals surface area contributed by atoms with Crippen LogP contribution in [0.3, 0.4) is 0 Å². The normalized spacial score (nSPS) is 31.3. The van der Waals surface area contributed by atoms with Crippen LogP contribution in [0.1, 0.15) is 63.4 Å². The van der Waals surface area contributed by atoms with Gasteiger partial charge in [-0.25, -0.2) is 4.39 Å². The second-order valence-corrected chi connectivity index (χ2v) is 7.63. The van der Waals surface area contributed by atoms with Gasteiger partial charge in [-0.3, -0.25) is 0 Å². The lowest BCUT2D eigenvalue weighted by Gasteiger charge is -2.45. The molecule has 1 N–H and O–H groups in total. The van der Waals surface area contributed by atoms with Crippen LogP contribution in [0.4, 0.5) is 4.39 Å². The predicted molar refractivity (Wildman–Crippen MR) is 86.5 cm³/mol. The fourth-order valence-corrected chi connectivity index (χ4v) is 4.88. The number of benzene rings is 1. The molecule has 0 aliphatic heterocycles. The highest BCUT2D eigenvalue weighted by molar-refractivity contribution is 9.10. The van der Waals surface area contributed by atoms with Crippen molar-refractivity contribution in [1.29, 1.82) is 0 Å². The highest BCUT2D eigenvalue weighted by atomic mass is 79.9. The summed E-state index contributed by atoms with van der Waals surface area (Å²) in [7, 11) is 0. The van der Waals surface area contributed by atoms with E-state index in [1.165, 1.54) is 38.5 Å². The van der Waals surface area contributed by atoms with Crippen LogP contribution in [0, 0.1) is 17.7 Å². The number of rotatable bonds is 2. The van der Waals surface area contributed by atoms with E-state index >= 15 is 0 Å². The summed E-state index contributed by atoms with van der Waals surface area (Å²) < 4.78 is 15.0. The lowest BCUT2D eigenvalue weighted by Crippen LogP contribution is -2.43. The minimum atomic E-state index is -0.978. The number of aliphatic hydroxyl groups is 1. The lowest BCUT2D eigenvalue weighted by atomic mass is 9.63. The number of hydrogen-bond acceptors (Lipinski definition) is 1. The minimum Gasteiger partial charge on any atom is -0.385 e. The zero-order valence-electron chi connectivity index (χ0n) is 12.5. The molecule has 2 unspecified atom stereocenters. The van der Waals surface area contributed by atoms with Crippen molar-refractivity contribution < 1.29 is 9.50 Å². The van der Waals surface area contributed by atoms with Crippen LogP contribution < -0.4 is 0 Å². The van der Waals surface area contributed by atoms with Crippen molar-refractivity contribution in [3.8, 4) is 0 Å². The fraction of sp³-hybridized carbons (Fsp3) is 0.667. The van der Waals surface area contributed by atoms with E-state index in [0.717, 1.165) is 12.8 Å². The molecule has 2 aliphatic rings. The van der Waals surface area contributed by atoms with Crippen LogP contribution in [0.5, 0.6) is 0 Å². The summed E-state index contributed by atoms with van der Waals surface area (Å²) in [6, 6.07) is 5.33. The standard InChI is InChI=1S/C18H24BrFO/c19-16-11-6-10-15(17(16)20)18(21)12-5-4-9-14(18)13-7-2-1-3-8-13/h6,10-11,13-14,21H,1-5,7-9,12H2. The summed E-state index contributed by atoms with van der Waals surface area (Å²) in [4.78, 5) is 0. The molecule has 0 bridgehead atoms. The van der Waals surface area contributed by atoms with Gasteiger partial charge in [-0.2, -0.15) is 0 Å². The van der Waals surface area contributed by atoms with E-state index in [1.54, 1.807) is 12.1 Å². The van der Waals surface area contributed by atoms with E-state index in [1.807, 2.05) is 6.07 Å². The van der Waals surface area contributed by atoms with E-state index in [-0.39, 0.29) is 11.7 Å². The molecule has 2 atom stereocenters. The van der Waals surface area contributed by atoms with Gasteiger partial charge in [-0.1, -0.05) is 57.1 Å². The van der Waals surface area contributed by atoms with Crippen LogP contribution >= 0.6 is 15.9 Å². The van der Waals surface area contributed by atoms with E-state index in [2.05, 4.69) is 15.9 Å². The molecule has 0 spiro atoms. The third-order valence-electron chi connectivity index (χ3n) is 5.57. The third-order valence-corrected chi connectivity index (χ3v) is 6.19. The Hall–Kier alpha value is -0.410. The van der Waals surface area contributed by atoms with Crippen LogP contribution in [0.25, 0.3) is 0 Å². The lowest BCUT2D eigenvalue weighted by molar-refractivity contribution is -0.0857. The monoisotopic (exact) mass is 354 g/mol. The summed E-state index contributed by atoms with van der Waals surface area (Å²) in [5, 5.41) is 11.4. The molecule has 3 heteroatoms. The highest BCUT2D eigenvalue weighted by Crippen LogP contribution is 2.49. The maximum Gasteiger partial charge on any atom is 0.143 e. The van der Waals surface area contributed by atoms with Gasteiger partial charge in [-0.05, 0) is 46.7 Å². The second kappa shape index (κ2) is 6.37. The molecule has 0 heterocycles. The first-order chi connectivity index (χ1) is 10.1. The molecule has 1 aromatic rings. The summed E-state index contributed by atoms with van der Waals surface area (Å²) in [6.45, 7) is 0. The summed E-state index contributed by atoms with van der Waals surface area (Å²) >= 11 is 3.27. The second-order valence-electron chi connectivity index (χ2n) is 6.78. The third kappa shape index (κ3) is 2.92. The van der Waals surface area contributed by atoms with Gasteiger partial charge in [0.25, 0.3) is 0 Å². The van der Waals surface area contributed by atoms with Gasteiger partial charge < -0.3 is 5.11 Å². The smallest absolute Gasteiger partial charge is 0.143 e. The van der Waals surface area contributed by atoms with Crippen molar-refractivity contribution in [3.05, 3.63) is 34.1 Å². The molecule has 2 saturated carbocycles. The zero-order valence-corrected chi connectivity index (χ0v) is 14.0. The molecular weight excluding hydrogens is 331 g/mol. The molecule has 116 valence electrons. The average molecular weight is 355 g/mol. The molecule has 1 nitrogen and oxygen atoms in total. The Morgan fingerprint density at radius 3 is 2.52 bits per heavy atom. The zero-order chi connectivity index (χ0) is 14.9. The SMILES string of the molecule is OC1(c2cccc(Br)c2F)CCCCC1C1CCCCC1. The Bertz CT molecular complexity index is 498. The fourth-order valence-electron chi connectivity index (χ4n) is 4.52. The summed E-state index contributed by atoms with van der Waals surface area (Å²) in [5.41, 5.74) is -0.471. The number of halogens is 2. The van der Waals surface area contributed by atoms with Gasteiger partial charge >= 0.3 is 0 Å². The van der Waals surface area contributed by atoms with Gasteiger partial charge in [0.05, 0.1) is 10.1 Å². The van der Waals surface area contributed by atoms with Crippen LogP contribution in [0.15, 0.2) is 22.7 Å². The Balaban J connectivity index is 1.96. The van der Waals surface area contributed by atoms with Crippen molar-refractivity contribution in [2.75, 3.05) is 0 Å². The molecule has 2 fully saturated rings. The van der Waals surface area contributed by atoms with Crippen molar-refractivity contribution in [3.63, 3.8) is 0 Å². The van der Waals surface area contributed by atoms with Crippen LogP contribution in [0.2, 0.25) is 0 Å². The maximum absolute atomic E-state index is 14.6. The van der Waals surface area contributed by atoms with E-state index in [9.17, 15) is 9.50 Å². The predicted octanol–water partition coefficient (Wildman–Crippen LogP) is 5.55. The molecule has 21 heavy (non-hydrogen) atoms. The van der Waals surface area contributed by atoms with Gasteiger partial charge in [0.2, 0.25) is 0 Å². The minimum absolute atomic E-state index is 0.218. The van der Waals surface area contributed by atoms with Crippen LogP contribution in [-0.4, -0.2) is 5.11 Å². The van der Waals surface area contributed by atoms with Crippen molar-refractivity contribution in [2.24, 2.45) is 11.8 Å². The largest absolute Gasteiger partial charge is 0.385 e. The van der Waals surface area contributed by atoms with Gasteiger partial charge in [-0.15, -0.1) is 0 Å². The summed E-state index contributed by atoms with van der Waals surface area (Å²) in [5.74, 6) is 0.500. The van der Waals surface area contributed by atoms with Gasteiger partial charge in [0, 0.05) is 5.56 Å². The van der Waals surface area contributed by atoms with Crippen molar-refractivity contribution in [1.82, 2.24) is 0 Å². The van der Waals surface area contributed by atoms with Crippen molar-refractivity contribution in [2.45, 2.75) is 63.4 Å². The molecule has 0 radical (unpaired) electrons. The first kappa shape index (κ1) is 15.5. The molecular formula is C18H24BrFO. The number of hydrogen-bond donors (Lipinski definition) is 1. The van der Waals surface area contributed by atoms with Gasteiger partial charge in [0.15, 0.2) is 0 Å². The highest BCUT2D eigenvalue weighted by Gasteiger charge is 2.45. The molecule has 0 aromatic heterocycles. The molecule has 1 aromatic carbocycles. The van der Waals surface area contributed by atoms with Crippen molar-refractivity contribution >= 4 is 15.9 Å². The van der Waals surface area contributed by atoms with E-state index in [0.29, 0.717) is 22.4 Å². The molecule has 0 saturated heterocycles. The van der Waals surface area contributed by atoms with E-state index in [4.69, 9.17) is 0 Å². The quantitative estimate of drug-likeness (QED) is 0.738. The topological polar surface area (TPSA) is 20.2 Å². The maximum atomic E-state index is 14.6. The summed E-state index contributed by atoms with van der Waals surface area (Å²) in [6.07, 6.45) is 10.1. The first-order valence-electron chi connectivity index (χ1n) is 8.30. The molecule has 0 amide bonds. The Kier molecular flexibility index (Phi) is 4.70. The Morgan fingerprint density at radius 2 is 1.76 bits per heavy atom. The Labute approximate surface area is 135 Å². The first-order valence-corrected chi connectivity index (χ1v) is 9.09. The average Bonchev–Trinajstić information content (AvgIpc) is 2.51. The van der Waals surface area contributed by atoms with Crippen LogP contribution in [-0.2, 0) is 5.60 Å². The Morgan fingerprint density at radius 1 is 1.05 bits per heavy atom. The molecule has 3 rings (SSSR count). The van der Waals surface area contributed by atoms with Gasteiger partial charge in [0.1, 0.15) is 5.82 Å².